The van der Waals surface area contributed by atoms with Crippen LogP contribution in [0.1, 0.15) is 200 Å². The van der Waals surface area contributed by atoms with Gasteiger partial charge >= 0.3 is 5.97 Å². The van der Waals surface area contributed by atoms with Crippen molar-refractivity contribution in [2.75, 3.05) is 26.4 Å². The van der Waals surface area contributed by atoms with E-state index in [1.807, 2.05) is 0 Å². The molecule has 6 atom stereocenters. The predicted molar refractivity (Wildman–Crippen MR) is 206 cm³/mol. The van der Waals surface area contributed by atoms with Crippen molar-refractivity contribution in [3.63, 3.8) is 0 Å². The summed E-state index contributed by atoms with van der Waals surface area (Å²) in [6, 6.07) is 0. The second-order valence-electron chi connectivity index (χ2n) is 15.2. The number of hydrogen-bond acceptors (Lipinski definition) is 9. The van der Waals surface area contributed by atoms with Crippen molar-refractivity contribution in [1.82, 2.24) is 0 Å². The molecule has 304 valence electrons. The monoisotopic (exact) mass is 731 g/mol. The molecular formula is C42H82O9. The van der Waals surface area contributed by atoms with Gasteiger partial charge in [0.15, 0.2) is 6.29 Å². The van der Waals surface area contributed by atoms with Gasteiger partial charge in [0.2, 0.25) is 0 Å². The van der Waals surface area contributed by atoms with E-state index in [1.165, 1.54) is 148 Å². The summed E-state index contributed by atoms with van der Waals surface area (Å²) in [4.78, 5) is 12.7. The molecule has 4 N–H and O–H groups in total. The minimum absolute atomic E-state index is 0.106. The summed E-state index contributed by atoms with van der Waals surface area (Å²) in [7, 11) is 0. The van der Waals surface area contributed by atoms with Crippen LogP contribution in [0.5, 0.6) is 0 Å². The number of aliphatic hydroxyl groups is 4. The van der Waals surface area contributed by atoms with Gasteiger partial charge in [-0.1, -0.05) is 181 Å². The molecule has 0 aromatic rings. The molecule has 1 rings (SSSR count). The smallest absolute Gasteiger partial charge is 0.306 e. The molecule has 9 heteroatoms. The maximum atomic E-state index is 12.7. The van der Waals surface area contributed by atoms with E-state index in [9.17, 15) is 25.2 Å². The fraction of sp³-hybridized carbons (Fsp3) is 0.976. The molecule has 1 saturated heterocycles. The summed E-state index contributed by atoms with van der Waals surface area (Å²) in [5.41, 5.74) is 0. The molecule has 0 bridgehead atoms. The molecule has 9 nitrogen and oxygen atoms in total. The average molecular weight is 731 g/mol. The maximum absolute atomic E-state index is 12.7. The molecule has 51 heavy (non-hydrogen) atoms. The first-order chi connectivity index (χ1) is 24.9. The third-order valence-corrected chi connectivity index (χ3v) is 10.3. The number of carbonyl (C=O) groups is 1. The summed E-state index contributed by atoms with van der Waals surface area (Å²) in [5.74, 6) is -0.310. The normalized spacial score (nSPS) is 21.3. The predicted octanol–water partition coefficient (Wildman–Crippen LogP) is 9.08. The fourth-order valence-corrected chi connectivity index (χ4v) is 6.85. The highest BCUT2D eigenvalue weighted by Crippen LogP contribution is 2.23. The van der Waals surface area contributed by atoms with Crippen molar-refractivity contribution in [2.45, 2.75) is 237 Å². The molecule has 6 unspecified atom stereocenters. The summed E-state index contributed by atoms with van der Waals surface area (Å²) in [6.07, 6.45) is 28.6. The molecule has 0 spiro atoms. The lowest BCUT2D eigenvalue weighted by molar-refractivity contribution is -0.305. The lowest BCUT2D eigenvalue weighted by atomic mass is 9.99. The number of hydrogen-bond donors (Lipinski definition) is 4. The number of carbonyl (C=O) groups excluding carboxylic acids is 1. The zero-order chi connectivity index (χ0) is 37.2. The average Bonchev–Trinajstić information content (AvgIpc) is 3.13. The lowest BCUT2D eigenvalue weighted by Crippen LogP contribution is -2.59. The van der Waals surface area contributed by atoms with Gasteiger partial charge in [-0.15, -0.1) is 0 Å². The largest absolute Gasteiger partial charge is 0.457 e. The second kappa shape index (κ2) is 34.9. The van der Waals surface area contributed by atoms with E-state index >= 15 is 0 Å². The van der Waals surface area contributed by atoms with Crippen molar-refractivity contribution in [3.05, 3.63) is 0 Å². The van der Waals surface area contributed by atoms with Crippen LogP contribution in [-0.4, -0.2) is 89.6 Å². The molecule has 1 aliphatic heterocycles. The quantitative estimate of drug-likeness (QED) is 0.0365. The van der Waals surface area contributed by atoms with Crippen LogP contribution in [-0.2, 0) is 23.7 Å². The Morgan fingerprint density at radius 1 is 0.549 bits per heavy atom. The Morgan fingerprint density at radius 3 is 1.39 bits per heavy atom. The van der Waals surface area contributed by atoms with Crippen LogP contribution >= 0.6 is 0 Å². The van der Waals surface area contributed by atoms with Crippen molar-refractivity contribution in [3.8, 4) is 0 Å². The van der Waals surface area contributed by atoms with Gasteiger partial charge in [0.05, 0.1) is 19.8 Å². The molecule has 1 heterocycles. The van der Waals surface area contributed by atoms with Crippen LogP contribution in [0, 0.1) is 0 Å². The van der Waals surface area contributed by atoms with Crippen molar-refractivity contribution in [1.29, 1.82) is 0 Å². The van der Waals surface area contributed by atoms with E-state index in [2.05, 4.69) is 13.8 Å². The van der Waals surface area contributed by atoms with Crippen LogP contribution in [0.2, 0.25) is 0 Å². The Labute approximate surface area is 312 Å². The highest BCUT2D eigenvalue weighted by Gasteiger charge is 2.44. The summed E-state index contributed by atoms with van der Waals surface area (Å²) in [5, 5.41) is 39.9. The molecule has 0 aromatic carbocycles. The Bertz CT molecular complexity index is 752. The molecular weight excluding hydrogens is 648 g/mol. The Balaban J connectivity index is 2.16. The van der Waals surface area contributed by atoms with Crippen molar-refractivity contribution >= 4 is 5.97 Å². The minimum Gasteiger partial charge on any atom is -0.457 e. The summed E-state index contributed by atoms with van der Waals surface area (Å²) < 4.78 is 22.7. The first-order valence-corrected chi connectivity index (χ1v) is 21.6. The lowest BCUT2D eigenvalue weighted by Gasteiger charge is -2.39. The first kappa shape index (κ1) is 48.2. The Hall–Kier alpha value is -0.810. The number of esters is 1. The number of rotatable bonds is 37. The molecule has 0 aromatic heterocycles. The van der Waals surface area contributed by atoms with E-state index in [-0.39, 0.29) is 19.2 Å². The van der Waals surface area contributed by atoms with E-state index < -0.39 is 43.4 Å². The van der Waals surface area contributed by atoms with Gasteiger partial charge in [-0.05, 0) is 12.8 Å². The number of aliphatic hydroxyl groups excluding tert-OH is 4. The van der Waals surface area contributed by atoms with Crippen LogP contribution in [0.15, 0.2) is 0 Å². The van der Waals surface area contributed by atoms with Crippen LogP contribution < -0.4 is 0 Å². The molecule has 0 aliphatic carbocycles. The Morgan fingerprint density at radius 2 is 0.961 bits per heavy atom. The first-order valence-electron chi connectivity index (χ1n) is 21.6. The molecule has 0 amide bonds. The molecule has 1 fully saturated rings. The second-order valence-corrected chi connectivity index (χ2v) is 15.2. The third kappa shape index (κ3) is 26.6. The SMILES string of the molecule is CCCCCCCCCCCCCCCCCCCCCCCC(=O)OC(COCCCCCCCCC)COC1OC(CO)C(O)C(O)C1O. The third-order valence-electron chi connectivity index (χ3n) is 10.3. The van der Waals surface area contributed by atoms with Crippen LogP contribution in [0.25, 0.3) is 0 Å². The Kier molecular flexibility index (Phi) is 33.0. The highest BCUT2D eigenvalue weighted by molar-refractivity contribution is 5.69. The van der Waals surface area contributed by atoms with E-state index in [4.69, 9.17) is 18.9 Å². The van der Waals surface area contributed by atoms with Gasteiger partial charge in [-0.3, -0.25) is 4.79 Å². The highest BCUT2D eigenvalue weighted by atomic mass is 16.7. The van der Waals surface area contributed by atoms with Crippen LogP contribution in [0.3, 0.4) is 0 Å². The topological polar surface area (TPSA) is 135 Å². The standard InChI is InChI=1S/C42H82O9/c1-3-5-7-9-11-12-13-14-15-16-17-18-19-20-21-22-23-24-25-27-29-31-38(44)50-36(34-48-32-30-28-26-10-8-6-4-2)35-49-42-41(47)40(46)39(45)37(33-43)51-42/h36-37,39-43,45-47H,3-35H2,1-2H3. The zero-order valence-electron chi connectivity index (χ0n) is 33.1. The van der Waals surface area contributed by atoms with Gasteiger partial charge in [-0.2, -0.15) is 0 Å². The number of ether oxygens (including phenoxy) is 4. The fourth-order valence-electron chi connectivity index (χ4n) is 6.85. The van der Waals surface area contributed by atoms with Crippen LogP contribution in [0.4, 0.5) is 0 Å². The van der Waals surface area contributed by atoms with Crippen molar-refractivity contribution in [2.24, 2.45) is 0 Å². The van der Waals surface area contributed by atoms with Gasteiger partial charge in [0.1, 0.15) is 30.5 Å². The summed E-state index contributed by atoms with van der Waals surface area (Å²) in [6.45, 7) is 4.55. The van der Waals surface area contributed by atoms with Gasteiger partial charge < -0.3 is 39.4 Å². The number of unbranched alkanes of at least 4 members (excludes halogenated alkanes) is 26. The van der Waals surface area contributed by atoms with E-state index in [0.29, 0.717) is 13.0 Å². The molecule has 0 saturated carbocycles. The minimum atomic E-state index is -1.53. The van der Waals surface area contributed by atoms with Crippen molar-refractivity contribution < 1.29 is 44.2 Å². The van der Waals surface area contributed by atoms with E-state index in [1.54, 1.807) is 0 Å². The summed E-state index contributed by atoms with van der Waals surface area (Å²) >= 11 is 0. The zero-order valence-corrected chi connectivity index (χ0v) is 33.1. The van der Waals surface area contributed by atoms with Gasteiger partial charge in [-0.25, -0.2) is 0 Å². The molecule has 1 aliphatic rings. The van der Waals surface area contributed by atoms with Gasteiger partial charge in [0, 0.05) is 13.0 Å². The van der Waals surface area contributed by atoms with E-state index in [0.717, 1.165) is 32.1 Å². The maximum Gasteiger partial charge on any atom is 0.306 e. The van der Waals surface area contributed by atoms with Gasteiger partial charge in [0.25, 0.3) is 0 Å². The molecule has 0 radical (unpaired) electrons.